The van der Waals surface area contributed by atoms with Gasteiger partial charge in [0, 0.05) is 19.4 Å². The number of hydrogen-bond acceptors (Lipinski definition) is 2. The summed E-state index contributed by atoms with van der Waals surface area (Å²) in [6, 6.07) is -0.112. The molecule has 0 aromatic carbocycles. The summed E-state index contributed by atoms with van der Waals surface area (Å²) in [5, 5.41) is 2.70. The summed E-state index contributed by atoms with van der Waals surface area (Å²) >= 11 is 0. The van der Waals surface area contributed by atoms with Gasteiger partial charge in [-0.2, -0.15) is 0 Å². The van der Waals surface area contributed by atoms with E-state index in [1.54, 1.807) is 0 Å². The van der Waals surface area contributed by atoms with E-state index in [1.807, 2.05) is 34.6 Å². The molecule has 0 radical (unpaired) electrons. The Morgan fingerprint density at radius 1 is 1.47 bits per heavy atom. The third kappa shape index (κ3) is 7.80. The summed E-state index contributed by atoms with van der Waals surface area (Å²) < 4.78 is 5.10. The van der Waals surface area contributed by atoms with Crippen molar-refractivity contribution in [2.75, 3.05) is 0 Å². The van der Waals surface area contributed by atoms with Crippen LogP contribution in [0, 0.1) is 6.57 Å². The van der Waals surface area contributed by atoms with Gasteiger partial charge in [0.05, 0.1) is 0 Å². The third-order valence-electron chi connectivity index (χ3n) is 1.68. The highest BCUT2D eigenvalue weighted by Gasteiger charge is 2.19. The molecule has 0 aliphatic rings. The SMILES string of the molecule is [C-]#[N+][C@@H](C)C[C@@H](C)NC(=O)OC(C)(C)C. The van der Waals surface area contributed by atoms with Crippen molar-refractivity contribution in [1.82, 2.24) is 5.32 Å². The summed E-state index contributed by atoms with van der Waals surface area (Å²) in [4.78, 5) is 14.7. The predicted octanol–water partition coefficient (Wildman–Crippen LogP) is 2.60. The standard InChI is InChI=1S/C11H20N2O2/c1-8(12-6)7-9(2)13-10(14)15-11(3,4)5/h8-9H,7H2,1-5H3,(H,13,14)/t8-,9+/m0/s1. The minimum absolute atomic E-state index is 0.0380. The number of nitrogens with one attached hydrogen (secondary N) is 1. The quantitative estimate of drug-likeness (QED) is 0.731. The van der Waals surface area contributed by atoms with Crippen LogP contribution in [0.25, 0.3) is 4.85 Å². The molecule has 0 rings (SSSR count). The van der Waals surface area contributed by atoms with Gasteiger partial charge >= 0.3 is 6.09 Å². The van der Waals surface area contributed by atoms with Crippen molar-refractivity contribution in [2.45, 2.75) is 58.7 Å². The molecule has 0 aliphatic carbocycles. The minimum Gasteiger partial charge on any atom is -0.444 e. The molecule has 86 valence electrons. The zero-order chi connectivity index (χ0) is 12.1. The molecule has 1 N–H and O–H groups in total. The number of carbonyl (C=O) groups excluding carboxylic acids is 1. The molecule has 0 spiro atoms. The molecule has 1 amide bonds. The number of hydrogen-bond donors (Lipinski definition) is 1. The molecule has 15 heavy (non-hydrogen) atoms. The Kier molecular flexibility index (Phi) is 5.13. The van der Waals surface area contributed by atoms with Crippen LogP contribution in [-0.4, -0.2) is 23.8 Å². The van der Waals surface area contributed by atoms with Gasteiger partial charge in [0.1, 0.15) is 5.60 Å². The summed E-state index contributed by atoms with van der Waals surface area (Å²) in [7, 11) is 0. The lowest BCUT2D eigenvalue weighted by Crippen LogP contribution is -2.38. The normalized spacial score (nSPS) is 14.9. The van der Waals surface area contributed by atoms with E-state index in [-0.39, 0.29) is 12.1 Å². The van der Waals surface area contributed by atoms with E-state index in [4.69, 9.17) is 11.3 Å². The van der Waals surface area contributed by atoms with Crippen LogP contribution in [-0.2, 0) is 4.74 Å². The molecule has 2 atom stereocenters. The van der Waals surface area contributed by atoms with Gasteiger partial charge in [-0.15, -0.1) is 0 Å². The molecule has 4 heteroatoms. The fraction of sp³-hybridized carbons (Fsp3) is 0.818. The summed E-state index contributed by atoms with van der Waals surface area (Å²) in [5.41, 5.74) is -0.477. The first-order chi connectivity index (χ1) is 6.74. The van der Waals surface area contributed by atoms with Crippen molar-refractivity contribution in [3.8, 4) is 0 Å². The minimum atomic E-state index is -0.477. The predicted molar refractivity (Wildman–Crippen MR) is 59.5 cm³/mol. The van der Waals surface area contributed by atoms with E-state index in [0.717, 1.165) is 0 Å². The molecule has 0 aliphatic heterocycles. The van der Waals surface area contributed by atoms with Crippen LogP contribution in [0.2, 0.25) is 0 Å². The molecule has 0 saturated heterocycles. The topological polar surface area (TPSA) is 42.7 Å². The third-order valence-corrected chi connectivity index (χ3v) is 1.68. The Labute approximate surface area is 91.8 Å². The summed E-state index contributed by atoms with van der Waals surface area (Å²) in [6.45, 7) is 16.0. The van der Waals surface area contributed by atoms with Gasteiger partial charge in [-0.3, -0.25) is 0 Å². The van der Waals surface area contributed by atoms with Gasteiger partial charge in [-0.25, -0.2) is 11.4 Å². The molecule has 0 aromatic heterocycles. The Hall–Kier alpha value is -1.24. The van der Waals surface area contributed by atoms with Crippen molar-refractivity contribution in [3.05, 3.63) is 11.4 Å². The molecule has 0 heterocycles. The second kappa shape index (κ2) is 5.59. The monoisotopic (exact) mass is 212 g/mol. The smallest absolute Gasteiger partial charge is 0.407 e. The molecule has 0 fully saturated rings. The number of carbonyl (C=O) groups is 1. The van der Waals surface area contributed by atoms with Crippen LogP contribution in [0.4, 0.5) is 4.79 Å². The maximum Gasteiger partial charge on any atom is 0.407 e. The van der Waals surface area contributed by atoms with Gasteiger partial charge in [-0.1, -0.05) is 0 Å². The average molecular weight is 212 g/mol. The summed E-state index contributed by atoms with van der Waals surface area (Å²) in [5.74, 6) is 0. The van der Waals surface area contributed by atoms with Crippen LogP contribution in [0.15, 0.2) is 0 Å². The lowest BCUT2D eigenvalue weighted by atomic mass is 10.1. The molecule has 0 saturated carbocycles. The van der Waals surface area contributed by atoms with Gasteiger partial charge in [0.25, 0.3) is 0 Å². The fourth-order valence-electron chi connectivity index (χ4n) is 1.13. The van der Waals surface area contributed by atoms with Crippen molar-refractivity contribution < 1.29 is 9.53 Å². The van der Waals surface area contributed by atoms with Crippen LogP contribution in [0.5, 0.6) is 0 Å². The van der Waals surface area contributed by atoms with E-state index in [0.29, 0.717) is 6.42 Å². The number of amides is 1. The number of nitrogens with zero attached hydrogens (tertiary/aromatic N) is 1. The highest BCUT2D eigenvalue weighted by atomic mass is 16.6. The highest BCUT2D eigenvalue weighted by Crippen LogP contribution is 2.08. The van der Waals surface area contributed by atoms with E-state index >= 15 is 0 Å². The highest BCUT2D eigenvalue weighted by molar-refractivity contribution is 5.68. The van der Waals surface area contributed by atoms with Crippen molar-refractivity contribution in [1.29, 1.82) is 0 Å². The number of ether oxygens (including phenoxy) is 1. The zero-order valence-corrected chi connectivity index (χ0v) is 10.1. The van der Waals surface area contributed by atoms with Crippen molar-refractivity contribution >= 4 is 6.09 Å². The molecule has 0 unspecified atom stereocenters. The first-order valence-electron chi connectivity index (χ1n) is 5.10. The Balaban J connectivity index is 3.93. The van der Waals surface area contributed by atoms with Crippen LogP contribution in [0.3, 0.4) is 0 Å². The van der Waals surface area contributed by atoms with Crippen LogP contribution >= 0.6 is 0 Å². The van der Waals surface area contributed by atoms with Gasteiger partial charge in [-0.05, 0) is 27.7 Å². The molecule has 0 aromatic rings. The fourth-order valence-corrected chi connectivity index (χ4v) is 1.13. The van der Waals surface area contributed by atoms with Crippen molar-refractivity contribution in [2.24, 2.45) is 0 Å². The molecular formula is C11H20N2O2. The second-order valence-electron chi connectivity index (χ2n) is 4.76. The van der Waals surface area contributed by atoms with Crippen LogP contribution in [0.1, 0.15) is 41.0 Å². The lowest BCUT2D eigenvalue weighted by molar-refractivity contribution is 0.0506. The molecule has 4 nitrogen and oxygen atoms in total. The maximum atomic E-state index is 11.3. The van der Waals surface area contributed by atoms with E-state index in [1.165, 1.54) is 0 Å². The summed E-state index contributed by atoms with van der Waals surface area (Å²) in [6.07, 6.45) is 0.218. The molecular weight excluding hydrogens is 192 g/mol. The van der Waals surface area contributed by atoms with Gasteiger partial charge in [0.2, 0.25) is 6.04 Å². The van der Waals surface area contributed by atoms with Crippen LogP contribution < -0.4 is 5.32 Å². The lowest BCUT2D eigenvalue weighted by Gasteiger charge is -2.21. The average Bonchev–Trinajstić information content (AvgIpc) is 1.99. The maximum absolute atomic E-state index is 11.3. The van der Waals surface area contributed by atoms with E-state index < -0.39 is 11.7 Å². The Morgan fingerprint density at radius 3 is 2.40 bits per heavy atom. The first-order valence-corrected chi connectivity index (χ1v) is 5.10. The zero-order valence-electron chi connectivity index (χ0n) is 10.1. The first kappa shape index (κ1) is 13.8. The Bertz CT molecular complexity index is 250. The number of alkyl carbamates (subject to hydrolysis) is 1. The molecule has 0 bridgehead atoms. The second-order valence-corrected chi connectivity index (χ2v) is 4.76. The number of rotatable bonds is 3. The largest absolute Gasteiger partial charge is 0.444 e. The van der Waals surface area contributed by atoms with E-state index in [9.17, 15) is 4.79 Å². The van der Waals surface area contributed by atoms with Gasteiger partial charge < -0.3 is 14.9 Å². The Morgan fingerprint density at radius 2 is 2.00 bits per heavy atom. The van der Waals surface area contributed by atoms with E-state index in [2.05, 4.69) is 10.2 Å². The van der Waals surface area contributed by atoms with Gasteiger partial charge in [0.15, 0.2) is 0 Å². The van der Waals surface area contributed by atoms with Crippen molar-refractivity contribution in [3.63, 3.8) is 0 Å².